The van der Waals surface area contributed by atoms with Gasteiger partial charge in [0.15, 0.2) is 0 Å². The van der Waals surface area contributed by atoms with Crippen LogP contribution in [0.3, 0.4) is 0 Å². The maximum atomic E-state index is 14.8. The number of esters is 1. The number of carbonyl (C=O) groups is 1. The molecule has 0 heterocycles. The molecule has 1 atom stereocenters. The van der Waals surface area contributed by atoms with Crippen molar-refractivity contribution in [1.29, 1.82) is 0 Å². The summed E-state index contributed by atoms with van der Waals surface area (Å²) >= 11 is 0. The predicted octanol–water partition coefficient (Wildman–Crippen LogP) is 9.08. The molecule has 0 saturated heterocycles. The number of alkyl halides is 3. The third kappa shape index (κ3) is 7.52. The fourth-order valence-electron chi connectivity index (χ4n) is 5.55. The summed E-state index contributed by atoms with van der Waals surface area (Å²) in [7, 11) is 0. The van der Waals surface area contributed by atoms with Crippen LogP contribution in [0.15, 0.2) is 42.5 Å². The number of carbonyl (C=O) groups excluding carboxylic acids is 1. The van der Waals surface area contributed by atoms with Crippen LogP contribution in [0.2, 0.25) is 0 Å². The standard InChI is InChI=1S/C31H42F3NO2/c1-7-37-29(36)26(17-20(2)3)25-18-22(21-11-9-8-10-12-21)19-27(28(25)31(32,33)34)35-24-15-13-23(14-16-24)30(4,5)6/h8-12,18-20,23-24,26,35H,7,13-17H2,1-6H3. The molecule has 3 rings (SSSR count). The summed E-state index contributed by atoms with van der Waals surface area (Å²) in [6.07, 6.45) is -0.762. The molecule has 0 aromatic heterocycles. The Bertz CT molecular complexity index is 1030. The predicted molar refractivity (Wildman–Crippen MR) is 145 cm³/mol. The van der Waals surface area contributed by atoms with Crippen LogP contribution in [-0.4, -0.2) is 18.6 Å². The number of anilines is 1. The van der Waals surface area contributed by atoms with Gasteiger partial charge in [-0.05, 0) is 85.1 Å². The Morgan fingerprint density at radius 3 is 2.14 bits per heavy atom. The van der Waals surface area contributed by atoms with Crippen LogP contribution in [0.25, 0.3) is 11.1 Å². The normalized spacial score (nSPS) is 19.5. The molecule has 0 amide bonds. The SMILES string of the molecule is CCOC(=O)C(CC(C)C)c1cc(-c2ccccc2)cc(NC2CCC(C(C)(C)C)CC2)c1C(F)(F)F. The van der Waals surface area contributed by atoms with Crippen LogP contribution in [0, 0.1) is 17.3 Å². The van der Waals surface area contributed by atoms with E-state index in [1.807, 2.05) is 44.2 Å². The average Bonchev–Trinajstić information content (AvgIpc) is 2.81. The topological polar surface area (TPSA) is 38.3 Å². The minimum atomic E-state index is -4.63. The lowest BCUT2D eigenvalue weighted by Gasteiger charge is -2.38. The van der Waals surface area contributed by atoms with Crippen LogP contribution in [0.1, 0.15) is 90.7 Å². The number of nitrogens with one attached hydrogen (secondary N) is 1. The fourth-order valence-corrected chi connectivity index (χ4v) is 5.55. The van der Waals surface area contributed by atoms with E-state index in [4.69, 9.17) is 4.74 Å². The van der Waals surface area contributed by atoms with Gasteiger partial charge in [0, 0.05) is 11.7 Å². The maximum Gasteiger partial charge on any atom is 0.418 e. The molecule has 2 aromatic rings. The Labute approximate surface area is 220 Å². The van der Waals surface area contributed by atoms with Crippen LogP contribution in [0.4, 0.5) is 18.9 Å². The Morgan fingerprint density at radius 2 is 1.62 bits per heavy atom. The highest BCUT2D eigenvalue weighted by Crippen LogP contribution is 2.46. The number of ether oxygens (including phenoxy) is 1. The van der Waals surface area contributed by atoms with Crippen molar-refractivity contribution in [3.05, 3.63) is 53.6 Å². The molecule has 37 heavy (non-hydrogen) atoms. The van der Waals surface area contributed by atoms with Gasteiger partial charge in [-0.25, -0.2) is 0 Å². The molecule has 0 radical (unpaired) electrons. The van der Waals surface area contributed by atoms with E-state index in [0.717, 1.165) is 31.2 Å². The molecule has 1 N–H and O–H groups in total. The first-order valence-electron chi connectivity index (χ1n) is 13.5. The summed E-state index contributed by atoms with van der Waals surface area (Å²) < 4.78 is 49.6. The lowest BCUT2D eigenvalue weighted by molar-refractivity contribution is -0.146. The highest BCUT2D eigenvalue weighted by atomic mass is 19.4. The van der Waals surface area contributed by atoms with Crippen molar-refractivity contribution in [2.45, 2.75) is 91.8 Å². The van der Waals surface area contributed by atoms with Gasteiger partial charge in [-0.1, -0.05) is 65.0 Å². The van der Waals surface area contributed by atoms with Gasteiger partial charge in [0.25, 0.3) is 0 Å². The van der Waals surface area contributed by atoms with Gasteiger partial charge in [0.1, 0.15) is 0 Å². The van der Waals surface area contributed by atoms with Gasteiger partial charge in [0.2, 0.25) is 0 Å². The number of benzene rings is 2. The highest BCUT2D eigenvalue weighted by Gasteiger charge is 2.41. The van der Waals surface area contributed by atoms with Crippen molar-refractivity contribution in [3.8, 4) is 11.1 Å². The van der Waals surface area contributed by atoms with Crippen LogP contribution in [-0.2, 0) is 15.7 Å². The second kappa shape index (κ2) is 11.9. The largest absolute Gasteiger partial charge is 0.466 e. The molecule has 1 unspecified atom stereocenters. The number of halogens is 3. The fraction of sp³-hybridized carbons (Fsp3) is 0.581. The first-order chi connectivity index (χ1) is 17.3. The first kappa shape index (κ1) is 29.1. The first-order valence-corrected chi connectivity index (χ1v) is 13.5. The van der Waals surface area contributed by atoms with Gasteiger partial charge in [0.05, 0.1) is 18.1 Å². The summed E-state index contributed by atoms with van der Waals surface area (Å²) in [6.45, 7) is 12.3. The molecule has 6 heteroatoms. The van der Waals surface area contributed by atoms with Crippen molar-refractivity contribution < 1.29 is 22.7 Å². The van der Waals surface area contributed by atoms with Crippen molar-refractivity contribution in [1.82, 2.24) is 0 Å². The summed E-state index contributed by atoms with van der Waals surface area (Å²) in [5, 5.41) is 3.29. The number of hydrogen-bond donors (Lipinski definition) is 1. The maximum absolute atomic E-state index is 14.8. The molecule has 1 aliphatic carbocycles. The van der Waals surface area contributed by atoms with Gasteiger partial charge >= 0.3 is 12.1 Å². The van der Waals surface area contributed by atoms with E-state index in [1.54, 1.807) is 19.1 Å². The van der Waals surface area contributed by atoms with Crippen molar-refractivity contribution in [2.75, 3.05) is 11.9 Å². The highest BCUT2D eigenvalue weighted by molar-refractivity contribution is 5.82. The van der Waals surface area contributed by atoms with Gasteiger partial charge in [-0.2, -0.15) is 13.2 Å². The molecule has 1 fully saturated rings. The Balaban J connectivity index is 2.13. The second-order valence-corrected chi connectivity index (χ2v) is 11.8. The molecule has 3 nitrogen and oxygen atoms in total. The zero-order chi connectivity index (χ0) is 27.4. The van der Waals surface area contributed by atoms with Crippen LogP contribution >= 0.6 is 0 Å². The zero-order valence-electron chi connectivity index (χ0n) is 23.0. The summed E-state index contributed by atoms with van der Waals surface area (Å²) in [6, 6.07) is 12.5. The molecule has 204 valence electrons. The molecular formula is C31H42F3NO2. The number of rotatable bonds is 8. The lowest BCUT2D eigenvalue weighted by Crippen LogP contribution is -2.32. The zero-order valence-corrected chi connectivity index (χ0v) is 23.0. The van der Waals surface area contributed by atoms with E-state index in [-0.39, 0.29) is 41.7 Å². The molecule has 2 aromatic carbocycles. The average molecular weight is 518 g/mol. The number of hydrogen-bond acceptors (Lipinski definition) is 3. The van der Waals surface area contributed by atoms with Crippen LogP contribution in [0.5, 0.6) is 0 Å². The van der Waals surface area contributed by atoms with Gasteiger partial charge in [-0.3, -0.25) is 4.79 Å². The summed E-state index contributed by atoms with van der Waals surface area (Å²) in [4.78, 5) is 13.0. The minimum absolute atomic E-state index is 0.00752. The van der Waals surface area contributed by atoms with Crippen molar-refractivity contribution >= 4 is 11.7 Å². The minimum Gasteiger partial charge on any atom is -0.466 e. The van der Waals surface area contributed by atoms with Gasteiger partial charge < -0.3 is 10.1 Å². The van der Waals surface area contributed by atoms with E-state index < -0.39 is 23.6 Å². The van der Waals surface area contributed by atoms with E-state index >= 15 is 0 Å². The van der Waals surface area contributed by atoms with E-state index in [1.165, 1.54) is 0 Å². The molecule has 0 bridgehead atoms. The van der Waals surface area contributed by atoms with Crippen molar-refractivity contribution in [3.63, 3.8) is 0 Å². The lowest BCUT2D eigenvalue weighted by atomic mass is 9.71. The van der Waals surface area contributed by atoms with Gasteiger partial charge in [-0.15, -0.1) is 0 Å². The molecule has 1 saturated carbocycles. The van der Waals surface area contributed by atoms with E-state index in [9.17, 15) is 18.0 Å². The molecular weight excluding hydrogens is 475 g/mol. The van der Waals surface area contributed by atoms with E-state index in [0.29, 0.717) is 11.5 Å². The molecule has 0 aliphatic heterocycles. The molecule has 1 aliphatic rings. The third-order valence-electron chi connectivity index (χ3n) is 7.52. The third-order valence-corrected chi connectivity index (χ3v) is 7.52. The quantitative estimate of drug-likeness (QED) is 0.355. The summed E-state index contributed by atoms with van der Waals surface area (Å²) in [5.41, 5.74) is 0.958. The second-order valence-electron chi connectivity index (χ2n) is 11.8. The Hall–Kier alpha value is -2.50. The summed E-state index contributed by atoms with van der Waals surface area (Å²) in [5.74, 6) is -1.04. The van der Waals surface area contributed by atoms with Crippen molar-refractivity contribution in [2.24, 2.45) is 17.3 Å². The van der Waals surface area contributed by atoms with Crippen LogP contribution < -0.4 is 5.32 Å². The smallest absolute Gasteiger partial charge is 0.418 e. The monoisotopic (exact) mass is 517 g/mol. The Kier molecular flexibility index (Phi) is 9.36. The Morgan fingerprint density at radius 1 is 1.00 bits per heavy atom. The molecule has 0 spiro atoms. The van der Waals surface area contributed by atoms with E-state index in [2.05, 4.69) is 26.1 Å².